The number of hydrogen-bond acceptors (Lipinski definition) is 2. The molecular formula is C8H16O2Si. The zero-order valence-corrected chi connectivity index (χ0v) is 9.73. The number of rotatable bonds is 3. The Kier molecular flexibility index (Phi) is 3.52. The van der Waals surface area contributed by atoms with Crippen molar-refractivity contribution in [2.24, 2.45) is 0 Å². The van der Waals surface area contributed by atoms with Crippen molar-refractivity contribution in [2.75, 3.05) is 0 Å². The summed E-state index contributed by atoms with van der Waals surface area (Å²) in [6, 6.07) is 0. The summed E-state index contributed by atoms with van der Waals surface area (Å²) in [5, 5.41) is -0.226. The largest absolute Gasteiger partial charge is 0.461 e. The molecule has 0 saturated carbocycles. The molecule has 11 heavy (non-hydrogen) atoms. The second-order valence-corrected chi connectivity index (χ2v) is 5.40. The maximum absolute atomic E-state index is 11.0. The molecule has 1 atom stereocenters. The maximum atomic E-state index is 11.0. The molecule has 0 aromatic heterocycles. The Bertz CT molecular complexity index is 173. The van der Waals surface area contributed by atoms with Gasteiger partial charge in [-0.3, -0.25) is 0 Å². The number of hydrogen-bond donors (Lipinski definition) is 0. The van der Waals surface area contributed by atoms with Crippen LogP contribution in [0.2, 0.25) is 0 Å². The average molecular weight is 172 g/mol. The standard InChI is InChI=1S/C8H16O2Si/c1-5-8(4,11)10-7(9)6(2)3/h2,5H2,1,3-4,11H3. The lowest BCUT2D eigenvalue weighted by molar-refractivity contribution is -0.146. The molecular weight excluding hydrogens is 156 g/mol. The summed E-state index contributed by atoms with van der Waals surface area (Å²) >= 11 is 0. The molecule has 3 heteroatoms. The SMILES string of the molecule is C=C(C)C(=O)OC(C)([SiH3])CC. The van der Waals surface area contributed by atoms with Crippen molar-refractivity contribution in [1.29, 1.82) is 0 Å². The van der Waals surface area contributed by atoms with Crippen molar-refractivity contribution >= 4 is 16.2 Å². The molecule has 0 aliphatic rings. The predicted octanol–water partition coefficient (Wildman–Crippen LogP) is 0.597. The van der Waals surface area contributed by atoms with E-state index in [1.54, 1.807) is 6.92 Å². The molecule has 0 aliphatic heterocycles. The first-order valence-corrected chi connectivity index (χ1v) is 4.78. The van der Waals surface area contributed by atoms with Gasteiger partial charge in [-0.05, 0) is 20.3 Å². The Labute approximate surface area is 71.1 Å². The Balaban J connectivity index is 4.04. The van der Waals surface area contributed by atoms with Crippen LogP contribution in [0, 0.1) is 0 Å². The third kappa shape index (κ3) is 3.98. The van der Waals surface area contributed by atoms with E-state index >= 15 is 0 Å². The highest BCUT2D eigenvalue weighted by atomic mass is 28.1. The van der Waals surface area contributed by atoms with Crippen molar-refractivity contribution in [3.05, 3.63) is 12.2 Å². The van der Waals surface area contributed by atoms with Gasteiger partial charge in [0.25, 0.3) is 0 Å². The lowest BCUT2D eigenvalue weighted by Crippen LogP contribution is -2.31. The molecule has 0 amide bonds. The van der Waals surface area contributed by atoms with Crippen molar-refractivity contribution in [3.8, 4) is 0 Å². The van der Waals surface area contributed by atoms with Gasteiger partial charge in [0.2, 0.25) is 0 Å². The Hall–Kier alpha value is -0.573. The fourth-order valence-electron chi connectivity index (χ4n) is 0.410. The molecule has 0 bridgehead atoms. The topological polar surface area (TPSA) is 26.3 Å². The molecule has 0 saturated heterocycles. The van der Waals surface area contributed by atoms with E-state index < -0.39 is 0 Å². The first-order chi connectivity index (χ1) is 4.89. The fraction of sp³-hybridized carbons (Fsp3) is 0.625. The predicted molar refractivity (Wildman–Crippen MR) is 49.5 cm³/mol. The van der Waals surface area contributed by atoms with E-state index in [0.717, 1.165) is 16.7 Å². The molecule has 0 aromatic rings. The monoisotopic (exact) mass is 172 g/mol. The van der Waals surface area contributed by atoms with Gasteiger partial charge in [0.05, 0.1) is 15.5 Å². The summed E-state index contributed by atoms with van der Waals surface area (Å²) in [5.41, 5.74) is 0.473. The van der Waals surface area contributed by atoms with Gasteiger partial charge in [0.15, 0.2) is 0 Å². The second-order valence-electron chi connectivity index (χ2n) is 3.28. The van der Waals surface area contributed by atoms with Crippen molar-refractivity contribution in [1.82, 2.24) is 0 Å². The van der Waals surface area contributed by atoms with Crippen LogP contribution < -0.4 is 0 Å². The van der Waals surface area contributed by atoms with Gasteiger partial charge in [0, 0.05) is 5.57 Å². The van der Waals surface area contributed by atoms with Crippen LogP contribution >= 0.6 is 0 Å². The highest BCUT2D eigenvalue weighted by molar-refractivity contribution is 6.15. The quantitative estimate of drug-likeness (QED) is 0.354. The lowest BCUT2D eigenvalue weighted by Gasteiger charge is -2.23. The van der Waals surface area contributed by atoms with E-state index in [4.69, 9.17) is 4.74 Å². The van der Waals surface area contributed by atoms with Crippen LogP contribution in [0.5, 0.6) is 0 Å². The van der Waals surface area contributed by atoms with Gasteiger partial charge in [-0.15, -0.1) is 0 Å². The van der Waals surface area contributed by atoms with Crippen molar-refractivity contribution < 1.29 is 9.53 Å². The molecule has 0 fully saturated rings. The highest BCUT2D eigenvalue weighted by Gasteiger charge is 2.19. The minimum absolute atomic E-state index is 0.226. The normalized spacial score (nSPS) is 15.5. The van der Waals surface area contributed by atoms with E-state index in [1.807, 2.05) is 13.8 Å². The number of carbonyl (C=O) groups excluding carboxylic acids is 1. The van der Waals surface area contributed by atoms with Crippen LogP contribution in [0.15, 0.2) is 12.2 Å². The zero-order valence-electron chi connectivity index (χ0n) is 7.73. The lowest BCUT2D eigenvalue weighted by atomic mass is 10.3. The van der Waals surface area contributed by atoms with E-state index in [1.165, 1.54) is 0 Å². The second kappa shape index (κ2) is 3.71. The van der Waals surface area contributed by atoms with Gasteiger partial charge in [0.1, 0.15) is 0 Å². The van der Waals surface area contributed by atoms with Gasteiger partial charge in [-0.2, -0.15) is 0 Å². The number of ether oxygens (including phenoxy) is 1. The first-order valence-electron chi connectivity index (χ1n) is 3.78. The Morgan fingerprint density at radius 2 is 2.18 bits per heavy atom. The van der Waals surface area contributed by atoms with E-state index in [-0.39, 0.29) is 11.2 Å². The smallest absolute Gasteiger partial charge is 0.333 e. The van der Waals surface area contributed by atoms with Crippen LogP contribution in [0.3, 0.4) is 0 Å². The average Bonchev–Trinajstić information content (AvgIpc) is 1.87. The van der Waals surface area contributed by atoms with Crippen LogP contribution in [-0.2, 0) is 9.53 Å². The summed E-state index contributed by atoms with van der Waals surface area (Å²) in [6.07, 6.45) is 0.873. The molecule has 1 unspecified atom stereocenters. The third-order valence-corrected chi connectivity index (χ3v) is 2.48. The van der Waals surface area contributed by atoms with E-state index in [0.29, 0.717) is 5.57 Å². The van der Waals surface area contributed by atoms with Crippen LogP contribution in [0.4, 0.5) is 0 Å². The molecule has 0 aliphatic carbocycles. The van der Waals surface area contributed by atoms with Crippen molar-refractivity contribution in [3.63, 3.8) is 0 Å². The third-order valence-electron chi connectivity index (χ3n) is 1.57. The highest BCUT2D eigenvalue weighted by Crippen LogP contribution is 2.11. The Morgan fingerprint density at radius 1 is 1.73 bits per heavy atom. The minimum atomic E-state index is -0.274. The summed E-state index contributed by atoms with van der Waals surface area (Å²) < 4.78 is 5.17. The van der Waals surface area contributed by atoms with Gasteiger partial charge < -0.3 is 4.74 Å². The minimum Gasteiger partial charge on any atom is -0.461 e. The summed E-state index contributed by atoms with van der Waals surface area (Å²) in [6.45, 7) is 9.13. The Morgan fingerprint density at radius 3 is 2.45 bits per heavy atom. The molecule has 64 valence electrons. The van der Waals surface area contributed by atoms with Crippen LogP contribution in [0.25, 0.3) is 0 Å². The molecule has 0 aromatic carbocycles. The van der Waals surface area contributed by atoms with E-state index in [9.17, 15) is 4.79 Å². The van der Waals surface area contributed by atoms with Gasteiger partial charge in [-0.1, -0.05) is 13.5 Å². The molecule has 0 rings (SSSR count). The summed E-state index contributed by atoms with van der Waals surface area (Å²) in [7, 11) is 0.858. The maximum Gasteiger partial charge on any atom is 0.333 e. The van der Waals surface area contributed by atoms with Crippen LogP contribution in [0.1, 0.15) is 27.2 Å². The van der Waals surface area contributed by atoms with Gasteiger partial charge in [-0.25, -0.2) is 4.79 Å². The van der Waals surface area contributed by atoms with E-state index in [2.05, 4.69) is 6.58 Å². The zero-order chi connectivity index (χ0) is 9.07. The molecule has 0 heterocycles. The number of esters is 1. The fourth-order valence-corrected chi connectivity index (χ4v) is 0.596. The van der Waals surface area contributed by atoms with Crippen LogP contribution in [-0.4, -0.2) is 21.4 Å². The first kappa shape index (κ1) is 10.4. The summed E-state index contributed by atoms with van der Waals surface area (Å²) in [5.74, 6) is -0.274. The molecule has 2 nitrogen and oxygen atoms in total. The molecule has 0 N–H and O–H groups in total. The molecule has 0 radical (unpaired) electrons. The van der Waals surface area contributed by atoms with Crippen molar-refractivity contribution in [2.45, 2.75) is 32.4 Å². The summed E-state index contributed by atoms with van der Waals surface area (Å²) in [4.78, 5) is 11.0. The molecule has 0 spiro atoms. The number of carbonyl (C=O) groups is 1. The van der Waals surface area contributed by atoms with Gasteiger partial charge >= 0.3 is 5.97 Å².